The highest BCUT2D eigenvalue weighted by atomic mass is 35.5. The summed E-state index contributed by atoms with van der Waals surface area (Å²) in [6.07, 6.45) is 0. The number of para-hydroxylation sites is 1. The first-order valence-corrected chi connectivity index (χ1v) is 13.9. The van der Waals surface area contributed by atoms with E-state index in [0.29, 0.717) is 10.7 Å². The Bertz CT molecular complexity index is 1440. The minimum Gasteiger partial charge on any atom is -0.324 e. The largest absolute Gasteiger partial charge is 0.324 e. The molecule has 0 aliphatic heterocycles. The second-order valence-electron chi connectivity index (χ2n) is 8.11. The molecule has 0 unspecified atom stereocenters. The highest BCUT2D eigenvalue weighted by Gasteiger charge is 2.27. The average Bonchev–Trinajstić information content (AvgIpc) is 2.87. The Labute approximate surface area is 221 Å². The van der Waals surface area contributed by atoms with Crippen LogP contribution in [-0.2, 0) is 21.4 Å². The van der Waals surface area contributed by atoms with Crippen molar-refractivity contribution in [2.45, 2.75) is 28.2 Å². The maximum absolute atomic E-state index is 13.6. The van der Waals surface area contributed by atoms with E-state index in [4.69, 9.17) is 11.6 Å². The normalized spacial score (nSPS) is 11.4. The van der Waals surface area contributed by atoms with E-state index in [1.807, 2.05) is 85.8 Å². The van der Waals surface area contributed by atoms with Crippen molar-refractivity contribution in [3.63, 3.8) is 0 Å². The minimum absolute atomic E-state index is 0.0610. The molecular weight excluding hydrogens is 512 g/mol. The zero-order valence-corrected chi connectivity index (χ0v) is 22.0. The topological polar surface area (TPSA) is 66.5 Å². The van der Waals surface area contributed by atoms with Crippen molar-refractivity contribution >= 4 is 45.0 Å². The lowest BCUT2D eigenvalue weighted by Gasteiger charge is -2.23. The van der Waals surface area contributed by atoms with Gasteiger partial charge in [0, 0.05) is 21.4 Å². The van der Waals surface area contributed by atoms with E-state index in [-0.39, 0.29) is 18.0 Å². The van der Waals surface area contributed by atoms with Crippen molar-refractivity contribution in [2.24, 2.45) is 0 Å². The lowest BCUT2D eigenvalue weighted by atomic mass is 10.1. The van der Waals surface area contributed by atoms with Crippen molar-refractivity contribution in [3.05, 3.63) is 119 Å². The van der Waals surface area contributed by atoms with E-state index >= 15 is 0 Å². The third-order valence-corrected chi connectivity index (χ3v) is 8.65. The summed E-state index contributed by atoms with van der Waals surface area (Å²) in [7, 11) is -3.97. The molecule has 1 N–H and O–H groups in total. The number of aryl methyl sites for hydroxylation is 1. The van der Waals surface area contributed by atoms with Crippen molar-refractivity contribution in [1.29, 1.82) is 0 Å². The molecule has 0 saturated heterocycles. The van der Waals surface area contributed by atoms with Gasteiger partial charge in [0.05, 0.1) is 17.1 Å². The molecule has 0 heterocycles. The van der Waals surface area contributed by atoms with Crippen LogP contribution in [0.4, 0.5) is 5.69 Å². The van der Waals surface area contributed by atoms with E-state index in [0.717, 1.165) is 20.9 Å². The number of carbonyl (C=O) groups excluding carboxylic acids is 1. The van der Waals surface area contributed by atoms with Crippen molar-refractivity contribution < 1.29 is 13.2 Å². The smallest absolute Gasteiger partial charge is 0.243 e. The zero-order valence-electron chi connectivity index (χ0n) is 19.6. The Morgan fingerprint density at radius 2 is 1.50 bits per heavy atom. The molecule has 4 aromatic rings. The Hall–Kier alpha value is -3.10. The molecule has 0 saturated carbocycles. The number of sulfonamides is 1. The fraction of sp³-hybridized carbons (Fsp3) is 0.107. The first-order valence-electron chi connectivity index (χ1n) is 11.2. The summed E-state index contributed by atoms with van der Waals surface area (Å²) in [5, 5.41) is 3.34. The number of hydrogen-bond donors (Lipinski definition) is 1. The molecule has 4 aromatic carbocycles. The molecule has 0 radical (unpaired) electrons. The quantitative estimate of drug-likeness (QED) is 0.261. The molecule has 0 aromatic heterocycles. The van der Waals surface area contributed by atoms with Crippen LogP contribution in [0.5, 0.6) is 0 Å². The molecule has 184 valence electrons. The van der Waals surface area contributed by atoms with Crippen molar-refractivity contribution in [2.75, 3.05) is 11.9 Å². The second kappa shape index (κ2) is 11.8. The molecular formula is C28H25ClN2O3S2. The van der Waals surface area contributed by atoms with E-state index in [9.17, 15) is 13.2 Å². The Morgan fingerprint density at radius 3 is 2.22 bits per heavy atom. The molecule has 0 bridgehead atoms. The molecule has 0 fully saturated rings. The molecule has 0 spiro atoms. The van der Waals surface area contributed by atoms with Gasteiger partial charge >= 0.3 is 0 Å². The van der Waals surface area contributed by atoms with Crippen LogP contribution in [0.2, 0.25) is 5.02 Å². The summed E-state index contributed by atoms with van der Waals surface area (Å²) in [6, 6.07) is 30.8. The summed E-state index contributed by atoms with van der Waals surface area (Å²) in [5.74, 6) is -0.428. The van der Waals surface area contributed by atoms with Crippen LogP contribution in [0.15, 0.2) is 118 Å². The molecule has 36 heavy (non-hydrogen) atoms. The van der Waals surface area contributed by atoms with Gasteiger partial charge in [0.25, 0.3) is 0 Å². The molecule has 5 nitrogen and oxygen atoms in total. The van der Waals surface area contributed by atoms with Gasteiger partial charge in [-0.2, -0.15) is 4.31 Å². The van der Waals surface area contributed by atoms with Crippen molar-refractivity contribution in [3.8, 4) is 0 Å². The van der Waals surface area contributed by atoms with E-state index in [1.54, 1.807) is 0 Å². The number of anilines is 1. The number of amides is 1. The number of nitrogens with zero attached hydrogens (tertiary/aromatic N) is 1. The summed E-state index contributed by atoms with van der Waals surface area (Å²) in [5.41, 5.74) is 2.39. The SMILES string of the molecule is Cc1ccccc1CN(CC(=O)Nc1ccccc1Sc1ccccc1)S(=O)(=O)c1ccc(Cl)cc1. The molecule has 0 aliphatic rings. The van der Waals surface area contributed by atoms with Gasteiger partial charge in [-0.25, -0.2) is 8.42 Å². The van der Waals surface area contributed by atoms with Crippen LogP contribution < -0.4 is 5.32 Å². The predicted molar refractivity (Wildman–Crippen MR) is 146 cm³/mol. The maximum atomic E-state index is 13.6. The molecule has 8 heteroatoms. The van der Waals surface area contributed by atoms with E-state index in [2.05, 4.69) is 5.32 Å². The number of benzene rings is 4. The van der Waals surface area contributed by atoms with E-state index < -0.39 is 15.9 Å². The third-order valence-electron chi connectivity index (χ3n) is 5.51. The lowest BCUT2D eigenvalue weighted by molar-refractivity contribution is -0.116. The maximum Gasteiger partial charge on any atom is 0.243 e. The van der Waals surface area contributed by atoms with Crippen LogP contribution >= 0.6 is 23.4 Å². The minimum atomic E-state index is -3.97. The first-order chi connectivity index (χ1) is 17.3. The number of nitrogens with one attached hydrogen (secondary N) is 1. The van der Waals surface area contributed by atoms with Gasteiger partial charge in [0.15, 0.2) is 0 Å². The van der Waals surface area contributed by atoms with Gasteiger partial charge in [-0.05, 0) is 66.6 Å². The standard InChI is InChI=1S/C28H25ClN2O3S2/c1-21-9-5-6-10-22(21)19-31(36(33,34)25-17-15-23(29)16-18-25)20-28(32)30-26-13-7-8-14-27(26)35-24-11-3-2-4-12-24/h2-18H,19-20H2,1H3,(H,30,32). The second-order valence-corrected chi connectivity index (χ2v) is 11.6. The number of hydrogen-bond acceptors (Lipinski definition) is 4. The predicted octanol–water partition coefficient (Wildman–Crippen LogP) is 6.63. The van der Waals surface area contributed by atoms with Gasteiger partial charge in [-0.3, -0.25) is 4.79 Å². The summed E-state index contributed by atoms with van der Waals surface area (Å²) < 4.78 is 28.3. The number of rotatable bonds is 9. The van der Waals surface area contributed by atoms with Crippen LogP contribution in [0.25, 0.3) is 0 Å². The summed E-state index contributed by atoms with van der Waals surface area (Å²) >= 11 is 7.49. The monoisotopic (exact) mass is 536 g/mol. The van der Waals surface area contributed by atoms with Crippen LogP contribution in [0, 0.1) is 6.92 Å². The molecule has 1 amide bonds. The van der Waals surface area contributed by atoms with Crippen molar-refractivity contribution in [1.82, 2.24) is 4.31 Å². The first kappa shape index (κ1) is 26.0. The van der Waals surface area contributed by atoms with Gasteiger partial charge in [-0.1, -0.05) is 78.0 Å². The van der Waals surface area contributed by atoms with Gasteiger partial charge in [0.2, 0.25) is 15.9 Å². The lowest BCUT2D eigenvalue weighted by Crippen LogP contribution is -2.37. The summed E-state index contributed by atoms with van der Waals surface area (Å²) in [6.45, 7) is 1.63. The van der Waals surface area contributed by atoms with Crippen LogP contribution in [0.1, 0.15) is 11.1 Å². The molecule has 0 aliphatic carbocycles. The number of carbonyl (C=O) groups is 1. The Kier molecular flexibility index (Phi) is 8.48. The van der Waals surface area contributed by atoms with Crippen LogP contribution in [0.3, 0.4) is 0 Å². The number of halogens is 1. The average molecular weight is 537 g/mol. The van der Waals surface area contributed by atoms with E-state index in [1.165, 1.54) is 40.3 Å². The Balaban J connectivity index is 1.59. The molecule has 4 rings (SSSR count). The van der Waals surface area contributed by atoms with Gasteiger partial charge < -0.3 is 5.32 Å². The van der Waals surface area contributed by atoms with Gasteiger partial charge in [-0.15, -0.1) is 0 Å². The highest BCUT2D eigenvalue weighted by molar-refractivity contribution is 7.99. The summed E-state index contributed by atoms with van der Waals surface area (Å²) in [4.78, 5) is 15.2. The Morgan fingerprint density at radius 1 is 0.861 bits per heavy atom. The van der Waals surface area contributed by atoms with Crippen LogP contribution in [-0.4, -0.2) is 25.2 Å². The fourth-order valence-electron chi connectivity index (χ4n) is 3.58. The third kappa shape index (κ3) is 6.56. The molecule has 0 atom stereocenters. The fourth-order valence-corrected chi connectivity index (χ4v) is 6.01. The zero-order chi connectivity index (χ0) is 25.5. The highest BCUT2D eigenvalue weighted by Crippen LogP contribution is 2.33. The van der Waals surface area contributed by atoms with Gasteiger partial charge in [0.1, 0.15) is 0 Å².